The number of rotatable bonds is 3. The lowest BCUT2D eigenvalue weighted by molar-refractivity contribution is -0.137. The van der Waals surface area contributed by atoms with Gasteiger partial charge in [-0.3, -0.25) is 9.69 Å². The van der Waals surface area contributed by atoms with Gasteiger partial charge in [0.2, 0.25) is 5.91 Å². The van der Waals surface area contributed by atoms with Crippen LogP contribution in [0.25, 0.3) is 0 Å². The summed E-state index contributed by atoms with van der Waals surface area (Å²) in [5.41, 5.74) is 1.77. The molecular weight excluding hydrogens is 328 g/mol. The van der Waals surface area contributed by atoms with E-state index in [-0.39, 0.29) is 11.2 Å². The number of allylic oxidation sites excluding steroid dienone is 1. The number of amides is 1. The highest BCUT2D eigenvalue weighted by atomic mass is 32.2. The Kier molecular flexibility index (Phi) is 4.36. The molecule has 0 spiro atoms. The van der Waals surface area contributed by atoms with Crippen molar-refractivity contribution in [2.24, 2.45) is 4.99 Å². The molecule has 0 radical (unpaired) electrons. The zero-order chi connectivity index (χ0) is 17.4. The fourth-order valence-corrected chi connectivity index (χ4v) is 3.90. The van der Waals surface area contributed by atoms with Gasteiger partial charge in [0.15, 0.2) is 5.17 Å². The number of methoxy groups -OCH3 is 2. The number of carbonyl (C=O) groups is 2. The highest BCUT2D eigenvalue weighted by Gasteiger charge is 2.46. The Morgan fingerprint density at radius 3 is 2.50 bits per heavy atom. The van der Waals surface area contributed by atoms with Gasteiger partial charge >= 0.3 is 5.97 Å². The molecule has 1 amide bonds. The van der Waals surface area contributed by atoms with Gasteiger partial charge in [0, 0.05) is 0 Å². The predicted octanol–water partition coefficient (Wildman–Crippen LogP) is 2.52. The maximum absolute atomic E-state index is 12.6. The highest BCUT2D eigenvalue weighted by molar-refractivity contribution is 8.15. The summed E-state index contributed by atoms with van der Waals surface area (Å²) in [4.78, 5) is 31.0. The van der Waals surface area contributed by atoms with E-state index in [0.29, 0.717) is 22.2 Å². The molecule has 7 heteroatoms. The van der Waals surface area contributed by atoms with Crippen molar-refractivity contribution in [3.05, 3.63) is 41.1 Å². The van der Waals surface area contributed by atoms with E-state index >= 15 is 0 Å². The number of ether oxygens (including phenoxy) is 2. The summed E-state index contributed by atoms with van der Waals surface area (Å²) in [6, 6.07) is 6.78. The number of thioether (sulfide) groups is 1. The molecule has 0 saturated carbocycles. The van der Waals surface area contributed by atoms with E-state index in [0.717, 1.165) is 5.56 Å². The predicted molar refractivity (Wildman–Crippen MR) is 91.8 cm³/mol. The normalized spacial score (nSPS) is 23.1. The Hall–Kier alpha value is -2.28. The molecule has 126 valence electrons. The van der Waals surface area contributed by atoms with Crippen LogP contribution in [0.15, 0.2) is 40.5 Å². The van der Waals surface area contributed by atoms with Crippen LogP contribution in [0.2, 0.25) is 0 Å². The van der Waals surface area contributed by atoms with Crippen LogP contribution in [-0.2, 0) is 14.3 Å². The van der Waals surface area contributed by atoms with Crippen LogP contribution in [0.3, 0.4) is 0 Å². The van der Waals surface area contributed by atoms with Crippen molar-refractivity contribution in [2.75, 3.05) is 14.2 Å². The number of nitrogens with zero attached hydrogens (tertiary/aromatic N) is 2. The maximum Gasteiger partial charge on any atom is 0.338 e. The second-order valence-corrected chi connectivity index (χ2v) is 6.84. The molecule has 2 aliphatic heterocycles. The van der Waals surface area contributed by atoms with Gasteiger partial charge in [0.05, 0.1) is 36.8 Å². The number of amidine groups is 1. The van der Waals surface area contributed by atoms with Crippen LogP contribution in [0.4, 0.5) is 0 Å². The van der Waals surface area contributed by atoms with E-state index in [4.69, 9.17) is 9.47 Å². The quantitative estimate of drug-likeness (QED) is 0.787. The lowest BCUT2D eigenvalue weighted by Crippen LogP contribution is -2.40. The van der Waals surface area contributed by atoms with Crippen molar-refractivity contribution in [3.63, 3.8) is 0 Å². The second kappa shape index (κ2) is 6.32. The zero-order valence-corrected chi connectivity index (χ0v) is 14.7. The molecule has 2 aliphatic rings. The molecule has 1 saturated heterocycles. The van der Waals surface area contributed by atoms with Crippen molar-refractivity contribution in [2.45, 2.75) is 25.1 Å². The fraction of sp³-hybridized carbons (Fsp3) is 0.353. The van der Waals surface area contributed by atoms with Crippen molar-refractivity contribution < 1.29 is 19.1 Å². The number of aliphatic imine (C=N–C) groups is 1. The average molecular weight is 346 g/mol. The second-order valence-electron chi connectivity index (χ2n) is 5.53. The van der Waals surface area contributed by atoms with Gasteiger partial charge in [-0.15, -0.1) is 0 Å². The minimum Gasteiger partial charge on any atom is -0.497 e. The molecule has 3 rings (SSSR count). The molecular formula is C17H18N2O4S. The summed E-state index contributed by atoms with van der Waals surface area (Å²) < 4.78 is 10.1. The van der Waals surface area contributed by atoms with Crippen molar-refractivity contribution in [1.29, 1.82) is 0 Å². The van der Waals surface area contributed by atoms with Gasteiger partial charge in [-0.05, 0) is 31.5 Å². The third kappa shape index (κ3) is 2.58. The first-order chi connectivity index (χ1) is 11.5. The van der Waals surface area contributed by atoms with Crippen molar-refractivity contribution in [3.8, 4) is 5.75 Å². The van der Waals surface area contributed by atoms with Crippen LogP contribution >= 0.6 is 11.8 Å². The first-order valence-electron chi connectivity index (χ1n) is 7.49. The Morgan fingerprint density at radius 2 is 1.92 bits per heavy atom. The molecule has 0 aliphatic carbocycles. The molecule has 6 nitrogen and oxygen atoms in total. The van der Waals surface area contributed by atoms with Gasteiger partial charge < -0.3 is 9.47 Å². The van der Waals surface area contributed by atoms with Gasteiger partial charge in [-0.25, -0.2) is 9.79 Å². The minimum atomic E-state index is -0.541. The van der Waals surface area contributed by atoms with E-state index < -0.39 is 12.0 Å². The molecule has 0 N–H and O–H groups in total. The number of hydrogen-bond donors (Lipinski definition) is 0. The molecule has 24 heavy (non-hydrogen) atoms. The van der Waals surface area contributed by atoms with Gasteiger partial charge in [-0.1, -0.05) is 23.9 Å². The Bertz CT molecular complexity index is 754. The van der Waals surface area contributed by atoms with Crippen LogP contribution in [0, 0.1) is 0 Å². The van der Waals surface area contributed by atoms with Crippen molar-refractivity contribution >= 4 is 28.8 Å². The summed E-state index contributed by atoms with van der Waals surface area (Å²) in [6.45, 7) is 3.60. The Morgan fingerprint density at radius 1 is 1.25 bits per heavy atom. The smallest absolute Gasteiger partial charge is 0.338 e. The summed E-state index contributed by atoms with van der Waals surface area (Å²) in [5.74, 6) is 0.168. The first kappa shape index (κ1) is 16.6. The summed E-state index contributed by atoms with van der Waals surface area (Å²) in [5, 5.41) is 0.396. The topological polar surface area (TPSA) is 68.2 Å². The van der Waals surface area contributed by atoms with Crippen molar-refractivity contribution in [1.82, 2.24) is 4.90 Å². The number of benzene rings is 1. The third-order valence-electron chi connectivity index (χ3n) is 4.10. The Labute approximate surface area is 144 Å². The standard InChI is InChI=1S/C17H18N2O4S/c1-9-13(16(21)23-4)14(11-5-7-12(22-3)8-6-11)19-15(20)10(2)24-17(19)18-9/h5-8,10,14H,1-4H3. The van der Waals surface area contributed by atoms with E-state index in [9.17, 15) is 9.59 Å². The highest BCUT2D eigenvalue weighted by Crippen LogP contribution is 2.43. The van der Waals surface area contributed by atoms with E-state index in [1.807, 2.05) is 31.2 Å². The van der Waals surface area contributed by atoms with Crippen LogP contribution < -0.4 is 4.74 Å². The van der Waals surface area contributed by atoms with E-state index in [1.165, 1.54) is 18.9 Å². The maximum atomic E-state index is 12.6. The fourth-order valence-electron chi connectivity index (χ4n) is 2.88. The summed E-state index contributed by atoms with van der Waals surface area (Å²) in [7, 11) is 2.92. The molecule has 0 aromatic heterocycles. The summed E-state index contributed by atoms with van der Waals surface area (Å²) >= 11 is 1.40. The SMILES string of the molecule is COC(=O)C1=C(C)N=C2SC(C)C(=O)N2C1c1ccc(OC)cc1. The van der Waals surface area contributed by atoms with Gasteiger partial charge in [-0.2, -0.15) is 0 Å². The first-order valence-corrected chi connectivity index (χ1v) is 8.37. The molecule has 1 fully saturated rings. The minimum absolute atomic E-state index is 0.0616. The van der Waals surface area contributed by atoms with Gasteiger partial charge in [0.25, 0.3) is 0 Å². The largest absolute Gasteiger partial charge is 0.497 e. The molecule has 2 unspecified atom stereocenters. The lowest BCUT2D eigenvalue weighted by atomic mass is 9.94. The molecule has 2 heterocycles. The molecule has 2 atom stereocenters. The number of hydrogen-bond acceptors (Lipinski definition) is 6. The van der Waals surface area contributed by atoms with Crippen LogP contribution in [-0.4, -0.2) is 41.4 Å². The summed E-state index contributed by atoms with van der Waals surface area (Å²) in [6.07, 6.45) is 0. The average Bonchev–Trinajstić information content (AvgIpc) is 2.87. The van der Waals surface area contributed by atoms with E-state index in [1.54, 1.807) is 18.9 Å². The Balaban J connectivity index is 2.14. The number of carbonyl (C=O) groups excluding carboxylic acids is 2. The van der Waals surface area contributed by atoms with Gasteiger partial charge in [0.1, 0.15) is 5.75 Å². The molecule has 1 aromatic carbocycles. The number of esters is 1. The molecule has 0 bridgehead atoms. The number of fused-ring (bicyclic) bond motifs is 1. The van der Waals surface area contributed by atoms with Crippen LogP contribution in [0.1, 0.15) is 25.5 Å². The molecule has 1 aromatic rings. The lowest BCUT2D eigenvalue weighted by Gasteiger charge is -2.32. The van der Waals surface area contributed by atoms with Crippen LogP contribution in [0.5, 0.6) is 5.75 Å². The zero-order valence-electron chi connectivity index (χ0n) is 13.9. The monoisotopic (exact) mass is 346 g/mol. The van der Waals surface area contributed by atoms with E-state index in [2.05, 4.69) is 4.99 Å². The third-order valence-corrected chi connectivity index (χ3v) is 5.15.